The van der Waals surface area contributed by atoms with Gasteiger partial charge >= 0.3 is 0 Å². The monoisotopic (exact) mass is 257 g/mol. The molecule has 1 saturated carbocycles. The van der Waals surface area contributed by atoms with Crippen molar-refractivity contribution >= 4 is 5.82 Å². The van der Waals surface area contributed by atoms with Crippen molar-refractivity contribution in [2.75, 3.05) is 12.1 Å². The molecule has 0 saturated heterocycles. The summed E-state index contributed by atoms with van der Waals surface area (Å²) in [5.41, 5.74) is 2.16. The molecule has 2 aliphatic rings. The van der Waals surface area contributed by atoms with Crippen LogP contribution in [0.5, 0.6) is 11.5 Å². The normalized spacial score (nSPS) is 16.7. The topological polar surface area (TPSA) is 48.3 Å². The van der Waals surface area contributed by atoms with Gasteiger partial charge in [0.2, 0.25) is 6.79 Å². The van der Waals surface area contributed by atoms with E-state index < -0.39 is 0 Å². The van der Waals surface area contributed by atoms with E-state index in [-0.39, 0.29) is 0 Å². The minimum atomic E-state index is 0.304. The Bertz CT molecular complexity index is 632. The lowest BCUT2D eigenvalue weighted by Crippen LogP contribution is -2.01. The van der Waals surface area contributed by atoms with Crippen LogP contribution in [0.2, 0.25) is 0 Å². The first kappa shape index (κ1) is 10.7. The van der Waals surface area contributed by atoms with Gasteiger partial charge in [-0.1, -0.05) is 0 Å². The molecule has 2 heterocycles. The highest BCUT2D eigenvalue weighted by Gasteiger charge is 2.22. The first-order valence-corrected chi connectivity index (χ1v) is 6.50. The van der Waals surface area contributed by atoms with Gasteiger partial charge in [0.25, 0.3) is 0 Å². The summed E-state index contributed by atoms with van der Waals surface area (Å²) >= 11 is 0. The molecule has 5 nitrogen and oxygen atoms in total. The number of rotatable bonds is 3. The molecule has 1 fully saturated rings. The summed E-state index contributed by atoms with van der Waals surface area (Å²) in [4.78, 5) is 0. The Morgan fingerprint density at radius 2 is 2.05 bits per heavy atom. The Morgan fingerprint density at radius 3 is 2.89 bits per heavy atom. The van der Waals surface area contributed by atoms with Crippen molar-refractivity contribution in [2.24, 2.45) is 7.05 Å². The van der Waals surface area contributed by atoms with E-state index in [9.17, 15) is 0 Å². The van der Waals surface area contributed by atoms with Gasteiger partial charge in [0.05, 0.1) is 5.69 Å². The van der Waals surface area contributed by atoms with E-state index in [1.807, 2.05) is 29.9 Å². The van der Waals surface area contributed by atoms with Gasteiger partial charge in [0.1, 0.15) is 5.82 Å². The summed E-state index contributed by atoms with van der Waals surface area (Å²) in [6.45, 7) is 0.304. The van der Waals surface area contributed by atoms with Crippen LogP contribution in [0.1, 0.15) is 12.8 Å². The van der Waals surface area contributed by atoms with Gasteiger partial charge in [0.15, 0.2) is 11.5 Å². The number of aromatic nitrogens is 2. The highest BCUT2D eigenvalue weighted by molar-refractivity contribution is 5.67. The summed E-state index contributed by atoms with van der Waals surface area (Å²) in [6.07, 6.45) is 2.49. The van der Waals surface area contributed by atoms with E-state index in [0.717, 1.165) is 28.6 Å². The van der Waals surface area contributed by atoms with Crippen molar-refractivity contribution < 1.29 is 9.47 Å². The lowest BCUT2D eigenvalue weighted by atomic mass is 10.1. The lowest BCUT2D eigenvalue weighted by Gasteiger charge is -2.02. The third-order valence-electron chi connectivity index (χ3n) is 3.48. The largest absolute Gasteiger partial charge is 0.454 e. The predicted octanol–water partition coefficient (Wildman–Crippen LogP) is 2.39. The Morgan fingerprint density at radius 1 is 1.21 bits per heavy atom. The molecule has 1 aliphatic carbocycles. The molecule has 2 aromatic rings. The third-order valence-corrected chi connectivity index (χ3v) is 3.48. The van der Waals surface area contributed by atoms with Crippen molar-refractivity contribution in [3.05, 3.63) is 24.3 Å². The van der Waals surface area contributed by atoms with E-state index in [1.165, 1.54) is 12.8 Å². The molecule has 98 valence electrons. The minimum absolute atomic E-state index is 0.304. The summed E-state index contributed by atoms with van der Waals surface area (Å²) in [5.74, 6) is 2.55. The molecule has 1 aromatic carbocycles. The number of hydrogen-bond donors (Lipinski definition) is 1. The Hall–Kier alpha value is -2.17. The molecule has 4 rings (SSSR count). The maximum absolute atomic E-state index is 5.41. The molecular weight excluding hydrogens is 242 g/mol. The average Bonchev–Trinajstić information content (AvgIpc) is 2.96. The average molecular weight is 257 g/mol. The predicted molar refractivity (Wildman–Crippen MR) is 71.4 cm³/mol. The molecule has 19 heavy (non-hydrogen) atoms. The zero-order chi connectivity index (χ0) is 12.8. The smallest absolute Gasteiger partial charge is 0.231 e. The molecule has 0 radical (unpaired) electrons. The van der Waals surface area contributed by atoms with Crippen LogP contribution in [0.25, 0.3) is 11.3 Å². The van der Waals surface area contributed by atoms with E-state index in [0.29, 0.717) is 12.8 Å². The molecule has 0 atom stereocenters. The van der Waals surface area contributed by atoms with Crippen LogP contribution in [0.15, 0.2) is 24.3 Å². The number of benzene rings is 1. The molecule has 0 amide bonds. The minimum Gasteiger partial charge on any atom is -0.454 e. The highest BCUT2D eigenvalue weighted by atomic mass is 16.7. The Kier molecular flexibility index (Phi) is 2.21. The first-order valence-electron chi connectivity index (χ1n) is 6.50. The Labute approximate surface area is 111 Å². The number of anilines is 1. The highest BCUT2D eigenvalue weighted by Crippen LogP contribution is 2.36. The number of ether oxygens (including phenoxy) is 2. The Balaban J connectivity index is 1.68. The van der Waals surface area contributed by atoms with Gasteiger partial charge in [-0.25, -0.2) is 0 Å². The van der Waals surface area contributed by atoms with Crippen LogP contribution in [0, 0.1) is 0 Å². The van der Waals surface area contributed by atoms with Crippen molar-refractivity contribution in [3.8, 4) is 22.8 Å². The number of aryl methyl sites for hydroxylation is 1. The van der Waals surface area contributed by atoms with Gasteiger partial charge in [-0.3, -0.25) is 4.68 Å². The summed E-state index contributed by atoms with van der Waals surface area (Å²) in [7, 11) is 1.96. The van der Waals surface area contributed by atoms with Crippen molar-refractivity contribution in [2.45, 2.75) is 18.9 Å². The summed E-state index contributed by atoms with van der Waals surface area (Å²) in [6, 6.07) is 8.67. The third kappa shape index (κ3) is 1.91. The van der Waals surface area contributed by atoms with Gasteiger partial charge < -0.3 is 14.8 Å². The van der Waals surface area contributed by atoms with Crippen LogP contribution in [0.3, 0.4) is 0 Å². The molecule has 0 unspecified atom stereocenters. The second kappa shape index (κ2) is 3.91. The molecular formula is C14H15N3O2. The fourth-order valence-corrected chi connectivity index (χ4v) is 2.30. The lowest BCUT2D eigenvalue weighted by molar-refractivity contribution is 0.174. The number of nitrogens with zero attached hydrogens (tertiary/aromatic N) is 2. The maximum atomic E-state index is 5.41. The number of fused-ring (bicyclic) bond motifs is 1. The zero-order valence-corrected chi connectivity index (χ0v) is 10.7. The number of nitrogens with one attached hydrogen (secondary N) is 1. The van der Waals surface area contributed by atoms with E-state index in [4.69, 9.17) is 9.47 Å². The molecule has 1 aromatic heterocycles. The quantitative estimate of drug-likeness (QED) is 0.917. The second-order valence-corrected chi connectivity index (χ2v) is 5.03. The SMILES string of the molecule is Cn1nc(NC2CC2)cc1-c1ccc2c(c1)OCO2. The molecule has 1 N–H and O–H groups in total. The van der Waals surface area contributed by atoms with Crippen LogP contribution >= 0.6 is 0 Å². The van der Waals surface area contributed by atoms with Crippen LogP contribution in [-0.4, -0.2) is 22.6 Å². The van der Waals surface area contributed by atoms with E-state index >= 15 is 0 Å². The summed E-state index contributed by atoms with van der Waals surface area (Å²) < 4.78 is 12.6. The van der Waals surface area contributed by atoms with E-state index in [1.54, 1.807) is 0 Å². The fourth-order valence-electron chi connectivity index (χ4n) is 2.30. The van der Waals surface area contributed by atoms with Gasteiger partial charge in [-0.15, -0.1) is 0 Å². The zero-order valence-electron chi connectivity index (χ0n) is 10.7. The van der Waals surface area contributed by atoms with Gasteiger partial charge in [0, 0.05) is 24.7 Å². The van der Waals surface area contributed by atoms with Gasteiger partial charge in [-0.05, 0) is 31.0 Å². The molecule has 0 bridgehead atoms. The second-order valence-electron chi connectivity index (χ2n) is 5.03. The van der Waals surface area contributed by atoms with Crippen LogP contribution in [-0.2, 0) is 7.05 Å². The fraction of sp³-hybridized carbons (Fsp3) is 0.357. The van der Waals surface area contributed by atoms with E-state index in [2.05, 4.69) is 16.5 Å². The van der Waals surface area contributed by atoms with Crippen molar-refractivity contribution in [3.63, 3.8) is 0 Å². The van der Waals surface area contributed by atoms with Gasteiger partial charge in [-0.2, -0.15) is 5.10 Å². The van der Waals surface area contributed by atoms with Crippen molar-refractivity contribution in [1.82, 2.24) is 9.78 Å². The molecule has 5 heteroatoms. The first-order chi connectivity index (χ1) is 9.29. The van der Waals surface area contributed by atoms with Crippen LogP contribution in [0.4, 0.5) is 5.82 Å². The standard InChI is InChI=1S/C14H15N3O2/c1-17-11(7-14(16-17)15-10-3-4-10)9-2-5-12-13(6-9)19-8-18-12/h2,5-7,10H,3-4,8H2,1H3,(H,15,16). The maximum Gasteiger partial charge on any atom is 0.231 e. The molecule has 0 spiro atoms. The van der Waals surface area contributed by atoms with Crippen molar-refractivity contribution in [1.29, 1.82) is 0 Å². The summed E-state index contributed by atoms with van der Waals surface area (Å²) in [5, 5.41) is 7.91. The van der Waals surface area contributed by atoms with Crippen LogP contribution < -0.4 is 14.8 Å². The number of hydrogen-bond acceptors (Lipinski definition) is 4. The molecule has 1 aliphatic heterocycles.